The fourth-order valence-electron chi connectivity index (χ4n) is 10.1. The van der Waals surface area contributed by atoms with E-state index >= 15 is 4.79 Å². The van der Waals surface area contributed by atoms with Crippen LogP contribution in [0.2, 0.25) is 5.02 Å². The summed E-state index contributed by atoms with van der Waals surface area (Å²) in [5.41, 5.74) is 4.66. The zero-order chi connectivity index (χ0) is 43.7. The van der Waals surface area contributed by atoms with E-state index in [0.29, 0.717) is 88.4 Å². The van der Waals surface area contributed by atoms with E-state index in [4.69, 9.17) is 26.0 Å². The second-order valence-corrected chi connectivity index (χ2v) is 18.2. The number of nitrogens with zero attached hydrogens (tertiary/aromatic N) is 9. The number of amides is 1. The van der Waals surface area contributed by atoms with Gasteiger partial charge in [0.2, 0.25) is 0 Å². The number of rotatable bonds is 7. The number of nitrogens with one attached hydrogen (secondary N) is 1. The van der Waals surface area contributed by atoms with Crippen molar-refractivity contribution in [3.63, 3.8) is 0 Å². The Morgan fingerprint density at radius 1 is 1.02 bits per heavy atom. The Hall–Kier alpha value is -6.52. The number of aromatic nitrogens is 9. The van der Waals surface area contributed by atoms with Crippen molar-refractivity contribution in [3.05, 3.63) is 139 Å². The Labute approximate surface area is 364 Å². The van der Waals surface area contributed by atoms with Crippen molar-refractivity contribution < 1.29 is 18.4 Å². The molecule has 1 aliphatic carbocycles. The number of H-pyrrole nitrogens is 1. The van der Waals surface area contributed by atoms with Crippen LogP contribution in [0.15, 0.2) is 87.3 Å². The lowest BCUT2D eigenvalue weighted by atomic mass is 9.83. The Balaban J connectivity index is 1.04. The molecule has 5 aromatic heterocycles. The van der Waals surface area contributed by atoms with Crippen LogP contribution in [0, 0.1) is 12.7 Å². The molecule has 7 heterocycles. The van der Waals surface area contributed by atoms with E-state index in [9.17, 15) is 14.0 Å². The maximum absolute atomic E-state index is 15.4. The van der Waals surface area contributed by atoms with Gasteiger partial charge in [-0.05, 0) is 119 Å². The van der Waals surface area contributed by atoms with E-state index in [1.54, 1.807) is 53.1 Å². The highest BCUT2D eigenvalue weighted by Gasteiger charge is 2.52. The number of ether oxygens (including phenoxy) is 1. The van der Waals surface area contributed by atoms with Gasteiger partial charge in [-0.2, -0.15) is 10.2 Å². The molecule has 11 rings (SSSR count). The molecule has 8 aromatic rings. The van der Waals surface area contributed by atoms with E-state index in [1.165, 1.54) is 20.8 Å². The maximum atomic E-state index is 15.4. The number of halogens is 2. The molecule has 17 heteroatoms. The largest absolute Gasteiger partial charge is 0.438 e. The lowest BCUT2D eigenvalue weighted by Crippen LogP contribution is -2.41. The summed E-state index contributed by atoms with van der Waals surface area (Å²) in [6, 6.07) is 16.1. The predicted molar refractivity (Wildman–Crippen MR) is 233 cm³/mol. The molecular formula is C46H44ClFN10O5. The minimum atomic E-state index is -0.794. The van der Waals surface area contributed by atoms with Crippen molar-refractivity contribution in [1.82, 2.24) is 48.3 Å². The lowest BCUT2D eigenvalue weighted by Gasteiger charge is -2.35. The van der Waals surface area contributed by atoms with E-state index in [0.717, 1.165) is 29.3 Å². The van der Waals surface area contributed by atoms with Crippen molar-refractivity contribution >= 4 is 39.3 Å². The molecule has 1 saturated carbocycles. The third kappa shape index (κ3) is 6.09. The number of hydrogen-bond acceptors (Lipinski definition) is 8. The zero-order valence-electron chi connectivity index (χ0n) is 35.4. The van der Waals surface area contributed by atoms with Gasteiger partial charge < -0.3 is 14.2 Å². The predicted octanol–water partition coefficient (Wildman–Crippen LogP) is 7.40. The highest BCUT2D eigenvalue weighted by atomic mass is 35.5. The van der Waals surface area contributed by atoms with Gasteiger partial charge in [0.1, 0.15) is 22.9 Å². The van der Waals surface area contributed by atoms with Gasteiger partial charge in [0, 0.05) is 60.9 Å². The molecule has 63 heavy (non-hydrogen) atoms. The Kier molecular flexibility index (Phi) is 8.74. The van der Waals surface area contributed by atoms with E-state index in [-0.39, 0.29) is 23.2 Å². The third-order valence-electron chi connectivity index (χ3n) is 13.5. The number of aryl methyl sites for hydroxylation is 2. The van der Waals surface area contributed by atoms with Crippen molar-refractivity contribution in [3.8, 4) is 17.2 Å². The van der Waals surface area contributed by atoms with Crippen LogP contribution in [0.3, 0.4) is 0 Å². The molecule has 322 valence electrons. The minimum Gasteiger partial charge on any atom is -0.376 e. The summed E-state index contributed by atoms with van der Waals surface area (Å²) in [5, 5.41) is 15.5. The molecule has 3 aromatic carbocycles. The Morgan fingerprint density at radius 2 is 1.81 bits per heavy atom. The van der Waals surface area contributed by atoms with Gasteiger partial charge in [-0.25, -0.2) is 18.7 Å². The fourth-order valence-corrected chi connectivity index (χ4v) is 10.4. The highest BCUT2D eigenvalue weighted by Crippen LogP contribution is 2.51. The summed E-state index contributed by atoms with van der Waals surface area (Å²) in [6.45, 7) is 8.86. The average Bonchev–Trinajstić information content (AvgIpc) is 3.72. The van der Waals surface area contributed by atoms with Crippen LogP contribution in [0.5, 0.6) is 0 Å². The normalized spacial score (nSPS) is 19.3. The number of carbonyl (C=O) groups is 1. The first-order valence-corrected chi connectivity index (χ1v) is 21.6. The second-order valence-electron chi connectivity index (χ2n) is 17.8. The van der Waals surface area contributed by atoms with Crippen LogP contribution in [0.1, 0.15) is 97.1 Å². The van der Waals surface area contributed by atoms with E-state index in [1.807, 2.05) is 35.6 Å². The van der Waals surface area contributed by atoms with Crippen LogP contribution in [-0.4, -0.2) is 73.0 Å². The van der Waals surface area contributed by atoms with Crippen molar-refractivity contribution in [2.24, 2.45) is 7.05 Å². The fraction of sp³-hybridized carbons (Fsp3) is 0.348. The summed E-state index contributed by atoms with van der Waals surface area (Å²) in [7, 11) is 1.82. The number of carbonyl (C=O) groups excluding carboxylic acids is 1. The van der Waals surface area contributed by atoms with Crippen LogP contribution in [0.4, 0.5) is 4.39 Å². The summed E-state index contributed by atoms with van der Waals surface area (Å²) in [5.74, 6) is -0.177. The van der Waals surface area contributed by atoms with Crippen LogP contribution >= 0.6 is 11.6 Å². The van der Waals surface area contributed by atoms with Gasteiger partial charge in [0.05, 0.1) is 45.4 Å². The first-order valence-electron chi connectivity index (χ1n) is 21.2. The quantitative estimate of drug-likeness (QED) is 0.174. The van der Waals surface area contributed by atoms with Crippen LogP contribution in [0.25, 0.3) is 39.0 Å². The second kappa shape index (κ2) is 14.0. The first-order chi connectivity index (χ1) is 30.2. The summed E-state index contributed by atoms with van der Waals surface area (Å²) < 4.78 is 34.1. The van der Waals surface area contributed by atoms with Crippen molar-refractivity contribution in [2.45, 2.75) is 82.9 Å². The number of imidazole rings is 1. The molecule has 0 bridgehead atoms. The molecule has 2 fully saturated rings. The van der Waals surface area contributed by atoms with Gasteiger partial charge in [0.15, 0.2) is 5.82 Å². The zero-order valence-corrected chi connectivity index (χ0v) is 36.1. The van der Waals surface area contributed by atoms with Crippen LogP contribution in [-0.2, 0) is 23.7 Å². The third-order valence-corrected chi connectivity index (χ3v) is 13.8. The van der Waals surface area contributed by atoms with Crippen LogP contribution < -0.4 is 11.4 Å². The number of benzene rings is 3. The molecule has 1 amide bonds. The minimum absolute atomic E-state index is 0.229. The molecule has 0 radical (unpaired) electrons. The van der Waals surface area contributed by atoms with E-state index in [2.05, 4.69) is 47.3 Å². The Morgan fingerprint density at radius 3 is 2.56 bits per heavy atom. The van der Waals surface area contributed by atoms with Gasteiger partial charge in [0.25, 0.3) is 5.91 Å². The highest BCUT2D eigenvalue weighted by molar-refractivity contribution is 6.37. The molecular weight excluding hydrogens is 827 g/mol. The number of hydrogen-bond donors (Lipinski definition) is 1. The number of aromatic amines is 1. The molecule has 15 nitrogen and oxygen atoms in total. The topological polar surface area (TPSA) is 156 Å². The van der Waals surface area contributed by atoms with Gasteiger partial charge in [-0.3, -0.25) is 28.1 Å². The average molecular weight is 871 g/mol. The van der Waals surface area contributed by atoms with Gasteiger partial charge >= 0.3 is 11.4 Å². The van der Waals surface area contributed by atoms with E-state index < -0.39 is 23.0 Å². The maximum Gasteiger partial charge on any atom is 0.438 e. The summed E-state index contributed by atoms with van der Waals surface area (Å²) in [4.78, 5) is 47.0. The number of fused-ring (bicyclic) bond motifs is 3. The molecule has 0 spiro atoms. The lowest BCUT2D eigenvalue weighted by molar-refractivity contribution is -0.0592. The first kappa shape index (κ1) is 39.3. The van der Waals surface area contributed by atoms with Crippen molar-refractivity contribution in [1.29, 1.82) is 0 Å². The SMILES string of the molecule is Cc1cc(-n2nc3c(c2-n2ccn(-c4ccc5c(cnn5C)c4Cl)c2=O)[C@H](C)N(C(=O)c2cc4cc([C@H]5CCOC(C)(C)C5)ccc4n2C2(c4noc(=O)[nH]4)CC2)CC3)ccc1F. The van der Waals surface area contributed by atoms with Crippen molar-refractivity contribution in [2.75, 3.05) is 13.2 Å². The monoisotopic (exact) mass is 870 g/mol. The Bertz CT molecular complexity index is 3300. The standard InChI is InChI=1S/C46H44ClFN10O5/c1-25-20-30(7-8-32(25)48)58-40(56-18-17-55(44(56)61)36-11-10-35-31(39(36)47)24-49-53(35)5)38-26(2)54(16-12-33(38)51-58)41(59)37-22-29-21-27(28-13-19-62-45(3,4)23-28)6-9-34(29)57(37)46(14-15-46)42-50-43(60)63-52-42/h6-11,17-18,20-22,24,26,28H,12-16,19,23H2,1-5H3,(H,50,52,60)/t26-,28-/m0/s1. The summed E-state index contributed by atoms with van der Waals surface area (Å²) >= 11 is 6.93. The molecule has 1 N–H and O–H groups in total. The molecule has 0 unspecified atom stereocenters. The summed E-state index contributed by atoms with van der Waals surface area (Å²) in [6.07, 6.45) is 8.41. The molecule has 2 aliphatic heterocycles. The smallest absolute Gasteiger partial charge is 0.376 e. The van der Waals surface area contributed by atoms with Gasteiger partial charge in [-0.15, -0.1) is 0 Å². The van der Waals surface area contributed by atoms with Gasteiger partial charge in [-0.1, -0.05) is 22.8 Å². The molecule has 2 atom stereocenters. The molecule has 1 saturated heterocycles. The molecule has 3 aliphatic rings.